The second kappa shape index (κ2) is 13.2. The normalized spacial score (nSPS) is 19.8. The highest BCUT2D eigenvalue weighted by Gasteiger charge is 2.21. The van der Waals surface area contributed by atoms with Crippen LogP contribution in [0.5, 0.6) is 5.75 Å². The van der Waals surface area contributed by atoms with E-state index < -0.39 is 12.1 Å². The van der Waals surface area contributed by atoms with Gasteiger partial charge in [0.15, 0.2) is 0 Å². The number of cyclic esters (lactones) is 1. The van der Waals surface area contributed by atoms with Crippen LogP contribution in [-0.4, -0.2) is 22.7 Å². The van der Waals surface area contributed by atoms with E-state index in [-0.39, 0.29) is 12.3 Å². The molecule has 2 aromatic rings. The van der Waals surface area contributed by atoms with E-state index in [0.717, 1.165) is 24.0 Å². The van der Waals surface area contributed by atoms with Crippen molar-refractivity contribution in [3.8, 4) is 5.75 Å². The highest BCUT2D eigenvalue weighted by atomic mass is 16.7. The number of nitrogens with zero attached hydrogens (tertiary/aromatic N) is 1. The molecule has 0 spiro atoms. The summed E-state index contributed by atoms with van der Waals surface area (Å²) in [6, 6.07) is 14.5. The zero-order valence-corrected chi connectivity index (χ0v) is 19.9. The Morgan fingerprint density at radius 2 is 1.91 bits per heavy atom. The van der Waals surface area contributed by atoms with Crippen LogP contribution in [0.15, 0.2) is 96.8 Å². The predicted molar refractivity (Wildman–Crippen MR) is 135 cm³/mol. The second-order valence-electron chi connectivity index (χ2n) is 8.03. The number of hydroxylamine groups is 2. The molecule has 3 rings (SSSR count). The molecule has 1 N–H and O–H groups in total. The Morgan fingerprint density at radius 1 is 1.12 bits per heavy atom. The quantitative estimate of drug-likeness (QED) is 0.303. The number of aromatic hydroxyl groups is 1. The summed E-state index contributed by atoms with van der Waals surface area (Å²) in [6.45, 7) is 4.61. The summed E-state index contributed by atoms with van der Waals surface area (Å²) in [5.74, 6) is -0.344. The van der Waals surface area contributed by atoms with Crippen molar-refractivity contribution in [3.63, 3.8) is 0 Å². The van der Waals surface area contributed by atoms with Gasteiger partial charge in [-0.3, -0.25) is 9.90 Å². The topological polar surface area (TPSA) is 59.0 Å². The number of ether oxygens (including phenoxy) is 1. The summed E-state index contributed by atoms with van der Waals surface area (Å²) in [6.07, 6.45) is 16.0. The molecule has 0 bridgehead atoms. The van der Waals surface area contributed by atoms with E-state index in [1.807, 2.05) is 68.6 Å². The minimum absolute atomic E-state index is 0.0854. The smallest absolute Gasteiger partial charge is 0.339 e. The Hall–Kier alpha value is -3.57. The second-order valence-corrected chi connectivity index (χ2v) is 8.03. The van der Waals surface area contributed by atoms with Gasteiger partial charge < -0.3 is 9.84 Å². The van der Waals surface area contributed by atoms with Gasteiger partial charge in [0, 0.05) is 12.6 Å². The fourth-order valence-electron chi connectivity index (χ4n) is 3.65. The fourth-order valence-corrected chi connectivity index (χ4v) is 3.65. The van der Waals surface area contributed by atoms with Gasteiger partial charge in [0.25, 0.3) is 0 Å². The Morgan fingerprint density at radius 3 is 2.68 bits per heavy atom. The van der Waals surface area contributed by atoms with Crippen molar-refractivity contribution < 1.29 is 19.5 Å². The lowest BCUT2D eigenvalue weighted by molar-refractivity contribution is -0.117. The highest BCUT2D eigenvalue weighted by Crippen LogP contribution is 2.26. The molecule has 1 heterocycles. The first-order chi connectivity index (χ1) is 16.6. The maximum Gasteiger partial charge on any atom is 0.339 e. The number of phenols is 1. The predicted octanol–water partition coefficient (Wildman–Crippen LogP) is 6.80. The third-order valence-electron chi connectivity index (χ3n) is 5.49. The molecule has 5 heteroatoms. The standard InChI is InChI=1S/C29H33NO4/c1-3-13-23(4-2)22-33-30-19-12-7-5-6-11-16-28(24-14-9-8-10-15-24)34-29(32)27-18-17-26(31)20-25(27)21-30/h3-4,6,8-15,17-20,28,31H,5,7,16,21-22H2,1-2H3/b11-6+,13-3-,19-12+,23-4+/t28-/m0/s1. The number of carbonyl (C=O) groups excluding carboxylic acids is 1. The molecule has 2 aromatic carbocycles. The van der Waals surface area contributed by atoms with E-state index in [9.17, 15) is 9.90 Å². The summed E-state index contributed by atoms with van der Waals surface area (Å²) in [5, 5.41) is 11.8. The lowest BCUT2D eigenvalue weighted by Gasteiger charge is -2.23. The molecule has 1 aliphatic heterocycles. The van der Waals surface area contributed by atoms with Crippen LogP contribution in [0.4, 0.5) is 0 Å². The molecule has 0 aromatic heterocycles. The van der Waals surface area contributed by atoms with Gasteiger partial charge in [0.1, 0.15) is 11.9 Å². The van der Waals surface area contributed by atoms with Gasteiger partial charge in [-0.1, -0.05) is 66.8 Å². The van der Waals surface area contributed by atoms with Crippen LogP contribution in [0.1, 0.15) is 60.7 Å². The fraction of sp³-hybridized carbons (Fsp3) is 0.276. The maximum atomic E-state index is 13.3. The van der Waals surface area contributed by atoms with Crippen molar-refractivity contribution in [1.82, 2.24) is 5.06 Å². The van der Waals surface area contributed by atoms with Crippen molar-refractivity contribution in [2.45, 2.75) is 45.8 Å². The van der Waals surface area contributed by atoms with E-state index in [2.05, 4.69) is 18.2 Å². The van der Waals surface area contributed by atoms with Crippen LogP contribution in [0, 0.1) is 0 Å². The van der Waals surface area contributed by atoms with Crippen LogP contribution in [0.2, 0.25) is 0 Å². The number of hydrogen-bond acceptors (Lipinski definition) is 5. The van der Waals surface area contributed by atoms with E-state index >= 15 is 0 Å². The minimum atomic E-state index is -0.429. The molecule has 5 nitrogen and oxygen atoms in total. The summed E-state index contributed by atoms with van der Waals surface area (Å²) in [5.41, 5.74) is 3.02. The molecule has 1 atom stereocenters. The Balaban J connectivity index is 1.91. The third-order valence-corrected chi connectivity index (χ3v) is 5.49. The third kappa shape index (κ3) is 7.49. The van der Waals surface area contributed by atoms with Crippen molar-refractivity contribution in [2.24, 2.45) is 0 Å². The number of hydrogen-bond donors (Lipinski definition) is 1. The largest absolute Gasteiger partial charge is 0.508 e. The number of esters is 1. The van der Waals surface area contributed by atoms with E-state index in [0.29, 0.717) is 24.2 Å². The Labute approximate surface area is 202 Å². The number of rotatable bonds is 5. The molecule has 0 saturated heterocycles. The zero-order chi connectivity index (χ0) is 24.2. The molecular formula is C29H33NO4. The van der Waals surface area contributed by atoms with Crippen LogP contribution in [-0.2, 0) is 16.1 Å². The molecule has 0 unspecified atom stereocenters. The number of fused-ring (bicyclic) bond motifs is 1. The molecule has 1 aliphatic rings. The summed E-state index contributed by atoms with van der Waals surface area (Å²) < 4.78 is 5.96. The van der Waals surface area contributed by atoms with Crippen molar-refractivity contribution in [1.29, 1.82) is 0 Å². The number of benzene rings is 2. The molecule has 0 amide bonds. The first-order valence-corrected chi connectivity index (χ1v) is 11.7. The molecule has 34 heavy (non-hydrogen) atoms. The van der Waals surface area contributed by atoms with Crippen LogP contribution in [0.3, 0.4) is 0 Å². The van der Waals surface area contributed by atoms with Crippen molar-refractivity contribution >= 4 is 5.97 Å². The zero-order valence-electron chi connectivity index (χ0n) is 19.9. The molecule has 178 valence electrons. The molecule has 0 fully saturated rings. The maximum absolute atomic E-state index is 13.3. The highest BCUT2D eigenvalue weighted by molar-refractivity contribution is 5.91. The first kappa shape index (κ1) is 25.1. The first-order valence-electron chi connectivity index (χ1n) is 11.7. The minimum Gasteiger partial charge on any atom is -0.508 e. The van der Waals surface area contributed by atoms with E-state index in [1.54, 1.807) is 17.2 Å². The van der Waals surface area contributed by atoms with Crippen LogP contribution >= 0.6 is 0 Å². The number of carbonyl (C=O) groups is 1. The van der Waals surface area contributed by atoms with Gasteiger partial charge in [-0.25, -0.2) is 4.79 Å². The van der Waals surface area contributed by atoms with Gasteiger partial charge in [-0.05, 0) is 61.6 Å². The lowest BCUT2D eigenvalue weighted by atomic mass is 10.0. The monoisotopic (exact) mass is 459 g/mol. The average Bonchev–Trinajstić information content (AvgIpc) is 2.85. The van der Waals surface area contributed by atoms with Crippen LogP contribution in [0.25, 0.3) is 0 Å². The molecule has 0 aliphatic carbocycles. The number of phenolic OH excluding ortho intramolecular Hbond substituents is 1. The van der Waals surface area contributed by atoms with Gasteiger partial charge in [-0.2, -0.15) is 0 Å². The van der Waals surface area contributed by atoms with Crippen molar-refractivity contribution in [2.75, 3.05) is 6.61 Å². The SMILES string of the molecule is C/C=C\C(=C/C)CON1/C=C/CC/C=C/C[C@@H](c2ccccc2)OC(=O)c2ccc(O)cc2C1. The van der Waals surface area contributed by atoms with Gasteiger partial charge in [0.05, 0.1) is 18.7 Å². The lowest BCUT2D eigenvalue weighted by Crippen LogP contribution is -2.21. The molecule has 0 saturated carbocycles. The summed E-state index contributed by atoms with van der Waals surface area (Å²) in [4.78, 5) is 19.3. The van der Waals surface area contributed by atoms with Gasteiger partial charge >= 0.3 is 5.97 Å². The Kier molecular flexibility index (Phi) is 9.74. The summed E-state index contributed by atoms with van der Waals surface area (Å²) in [7, 11) is 0. The van der Waals surface area contributed by atoms with E-state index in [4.69, 9.17) is 9.57 Å². The van der Waals surface area contributed by atoms with Gasteiger partial charge in [0.2, 0.25) is 0 Å². The average molecular weight is 460 g/mol. The molecule has 0 radical (unpaired) electrons. The molecular weight excluding hydrogens is 426 g/mol. The Bertz CT molecular complexity index is 1050. The van der Waals surface area contributed by atoms with Gasteiger partial charge in [-0.15, -0.1) is 0 Å². The van der Waals surface area contributed by atoms with Crippen LogP contribution < -0.4 is 0 Å². The number of allylic oxidation sites excluding steroid dienone is 4. The van der Waals surface area contributed by atoms with E-state index in [1.165, 1.54) is 6.07 Å². The van der Waals surface area contributed by atoms with Crippen molar-refractivity contribution in [3.05, 3.63) is 113 Å². The summed E-state index contributed by atoms with van der Waals surface area (Å²) >= 11 is 0.